The highest BCUT2D eigenvalue weighted by molar-refractivity contribution is 6.03. The molecule has 9 heterocycles. The number of ether oxygens (including phenoxy) is 3. The molecule has 8 N–H and O–H groups in total. The van der Waals surface area contributed by atoms with Crippen molar-refractivity contribution in [2.24, 2.45) is 17.8 Å². The Balaban J connectivity index is 0.000000189. The van der Waals surface area contributed by atoms with E-state index >= 15 is 0 Å². The summed E-state index contributed by atoms with van der Waals surface area (Å²) in [7, 11) is 8.21. The van der Waals surface area contributed by atoms with Gasteiger partial charge in [-0.25, -0.2) is 34.4 Å². The highest BCUT2D eigenvalue weighted by atomic mass is 16.5. The molecule has 0 amide bonds. The number of methoxy groups -OCH3 is 3. The largest absolute Gasteiger partial charge is 0.480 e. The van der Waals surface area contributed by atoms with Crippen molar-refractivity contribution in [2.75, 3.05) is 62.0 Å². The van der Waals surface area contributed by atoms with Gasteiger partial charge in [0.15, 0.2) is 34.3 Å². The zero-order valence-electron chi connectivity index (χ0n) is 50.1. The van der Waals surface area contributed by atoms with E-state index in [0.717, 1.165) is 50.6 Å². The van der Waals surface area contributed by atoms with Crippen LogP contribution in [0.15, 0.2) is 91.8 Å². The van der Waals surface area contributed by atoms with Crippen LogP contribution < -0.4 is 40.8 Å². The first-order chi connectivity index (χ1) is 41.8. The summed E-state index contributed by atoms with van der Waals surface area (Å²) in [6.07, 6.45) is 15.9. The normalized spacial score (nSPS) is 20.2. The summed E-state index contributed by atoms with van der Waals surface area (Å²) < 4.78 is 20.7. The number of fused-ring (bicyclic) bond motifs is 3. The van der Waals surface area contributed by atoms with Crippen molar-refractivity contribution >= 4 is 80.4 Å². The topological polar surface area (TPSA) is 329 Å². The number of carbonyl (C=O) groups is 3. The average molecular weight is 1240 g/mol. The summed E-state index contributed by atoms with van der Waals surface area (Å²) in [5.41, 5.74) is 3.39. The van der Waals surface area contributed by atoms with Crippen LogP contribution in [0.25, 0.3) is 16.9 Å². The van der Waals surface area contributed by atoms with E-state index in [1.54, 1.807) is 119 Å². The second-order valence-electron chi connectivity index (χ2n) is 22.6. The van der Waals surface area contributed by atoms with Gasteiger partial charge in [-0.05, 0) is 120 Å². The van der Waals surface area contributed by atoms with Gasteiger partial charge in [-0.1, -0.05) is 29.2 Å². The molecule has 0 aromatic carbocycles. The lowest BCUT2D eigenvalue weighted by Gasteiger charge is -2.42. The molecule has 1 unspecified atom stereocenters. The number of pyridine rings is 3. The molecule has 90 heavy (non-hydrogen) atoms. The number of Topliss-reactive ketones (excluding diaryl/α,β-unsaturated/α-hetero) is 3. The van der Waals surface area contributed by atoms with Gasteiger partial charge in [0, 0.05) is 75.8 Å². The van der Waals surface area contributed by atoms with Gasteiger partial charge in [-0.3, -0.25) is 14.4 Å². The minimum Gasteiger partial charge on any atom is -0.480 e. The van der Waals surface area contributed by atoms with Crippen molar-refractivity contribution in [1.82, 2.24) is 58.7 Å². The Morgan fingerprint density at radius 3 is 1.11 bits per heavy atom. The van der Waals surface area contributed by atoms with Gasteiger partial charge in [-0.2, -0.15) is 24.3 Å². The van der Waals surface area contributed by atoms with Gasteiger partial charge in [0.1, 0.15) is 46.2 Å². The minimum absolute atomic E-state index is 0. The number of rotatable bonds is 21. The third kappa shape index (κ3) is 14.2. The summed E-state index contributed by atoms with van der Waals surface area (Å²) in [5, 5.41) is 59.5. The summed E-state index contributed by atoms with van der Waals surface area (Å²) >= 11 is 0. The third-order valence-electron chi connectivity index (χ3n) is 16.9. The fourth-order valence-electron chi connectivity index (χ4n) is 11.0. The summed E-state index contributed by atoms with van der Waals surface area (Å²) in [4.78, 5) is 65.1. The standard InChI is InChI=1S/C21H25N5O3.2C20H24N6O3.3CH4/c1-4-14-11-18(24-16-6-5-9-22-20(16)29-3)25-19-15(12-23-26(14)19)17(27)10-13-7-8-21(13,2)28;2*1-20(28)7-6-12(20)9-15(27)13-11-23-26-17(21-2)10-16(25-18(13)26)24-14-5-4-8-22-19(14)29-3;;;/h5-6,9,11-13,28H,4,7-8,10H2,1-3H3,(H,24,25);2*4-5,8,10-12,21,28H,6-7,9H2,1-3H3,(H,24,25);3*1H4/t13-,21-;12?,20-;12-,20-;;;/m011.../s1. The Kier molecular flexibility index (Phi) is 21.5. The number of nitrogens with zero attached hydrogens (tertiary/aromatic N) is 12. The van der Waals surface area contributed by atoms with Crippen LogP contribution in [0.1, 0.15) is 145 Å². The molecule has 480 valence electrons. The monoisotopic (exact) mass is 1240 g/mol. The number of carbonyl (C=O) groups excluding carboxylic acids is 3. The van der Waals surface area contributed by atoms with Gasteiger partial charge < -0.3 is 56.1 Å². The van der Waals surface area contributed by atoms with E-state index < -0.39 is 16.8 Å². The van der Waals surface area contributed by atoms with E-state index in [0.29, 0.717) is 104 Å². The van der Waals surface area contributed by atoms with Gasteiger partial charge in [0.2, 0.25) is 17.6 Å². The number of hydrogen-bond donors (Lipinski definition) is 8. The lowest BCUT2D eigenvalue weighted by Crippen LogP contribution is -2.45. The van der Waals surface area contributed by atoms with Crippen LogP contribution in [-0.2, 0) is 6.42 Å². The van der Waals surface area contributed by atoms with E-state index in [4.69, 9.17) is 14.2 Å². The second-order valence-corrected chi connectivity index (χ2v) is 22.6. The number of anilines is 8. The lowest BCUT2D eigenvalue weighted by atomic mass is 9.68. The Labute approximate surface area is 523 Å². The fraction of sp³-hybridized carbons (Fsp3) is 0.438. The van der Waals surface area contributed by atoms with Gasteiger partial charge in [0.05, 0.1) is 73.4 Å². The van der Waals surface area contributed by atoms with Crippen molar-refractivity contribution in [2.45, 2.75) is 131 Å². The maximum atomic E-state index is 12.9. The molecule has 9 aromatic heterocycles. The molecule has 6 atom stereocenters. The smallest absolute Gasteiger partial charge is 0.237 e. The zero-order valence-corrected chi connectivity index (χ0v) is 50.1. The highest BCUT2D eigenvalue weighted by Crippen LogP contribution is 2.43. The summed E-state index contributed by atoms with van der Waals surface area (Å²) in [6, 6.07) is 16.4. The molecular weight excluding hydrogens is 1150 g/mol. The van der Waals surface area contributed by atoms with E-state index in [1.165, 1.54) is 12.4 Å². The molecule has 26 nitrogen and oxygen atoms in total. The quantitative estimate of drug-likeness (QED) is 0.0310. The average Bonchev–Trinajstić information content (AvgIpc) is 1.60. The first-order valence-corrected chi connectivity index (χ1v) is 28.8. The first-order valence-electron chi connectivity index (χ1n) is 28.8. The van der Waals surface area contributed by atoms with Crippen LogP contribution in [0.5, 0.6) is 17.6 Å². The van der Waals surface area contributed by atoms with Crippen molar-refractivity contribution in [3.8, 4) is 17.6 Å². The number of aromatic nitrogens is 12. The number of aryl methyl sites for hydroxylation is 1. The van der Waals surface area contributed by atoms with Gasteiger partial charge in [-0.15, -0.1) is 0 Å². The van der Waals surface area contributed by atoms with E-state index in [-0.39, 0.29) is 70.2 Å². The van der Waals surface area contributed by atoms with Crippen LogP contribution in [0, 0.1) is 17.8 Å². The second kappa shape index (κ2) is 28.4. The molecule has 0 bridgehead atoms. The van der Waals surface area contributed by atoms with Crippen molar-refractivity contribution in [3.05, 3.63) is 114 Å². The SMILES string of the molecule is C.C.C.CCc1cc(Nc2cccnc2OC)nc2c(C(=O)C[C@@H]3CC[C@]3(C)O)cnn12.CNc1cc(Nc2cccnc2OC)nc2c(C(=O)CC3CC[C@@]3(C)O)cnn12.CNc1cc(Nc2cccnc2OC)nc2c(C(=O)C[C@H]3CC[C@@]3(C)O)cnn12. The minimum atomic E-state index is -0.772. The molecule has 3 fully saturated rings. The van der Waals surface area contributed by atoms with Crippen LogP contribution in [-0.4, -0.2) is 144 Å². The molecular formula is C64H85N17O9. The Hall–Kier alpha value is -9.40. The van der Waals surface area contributed by atoms with Gasteiger partial charge >= 0.3 is 0 Å². The molecule has 0 radical (unpaired) electrons. The predicted molar refractivity (Wildman–Crippen MR) is 347 cm³/mol. The molecule has 3 saturated carbocycles. The molecule has 12 rings (SSSR count). The number of aliphatic hydroxyl groups is 3. The maximum absolute atomic E-state index is 12.9. The van der Waals surface area contributed by atoms with Crippen LogP contribution in [0.3, 0.4) is 0 Å². The molecule has 26 heteroatoms. The molecule has 3 aliphatic carbocycles. The predicted octanol–water partition coefficient (Wildman–Crippen LogP) is 10.4. The van der Waals surface area contributed by atoms with Crippen LogP contribution in [0.4, 0.5) is 46.2 Å². The fourth-order valence-corrected chi connectivity index (χ4v) is 11.0. The Morgan fingerprint density at radius 2 is 0.833 bits per heavy atom. The molecule has 9 aromatic rings. The summed E-state index contributed by atoms with van der Waals surface area (Å²) in [6.45, 7) is 7.38. The van der Waals surface area contributed by atoms with Gasteiger partial charge in [0.25, 0.3) is 0 Å². The van der Waals surface area contributed by atoms with Crippen molar-refractivity contribution < 1.29 is 43.9 Å². The number of ketones is 3. The Bertz CT molecular complexity index is 3590. The summed E-state index contributed by atoms with van der Waals surface area (Å²) in [5.74, 6) is 4.06. The molecule has 0 spiro atoms. The van der Waals surface area contributed by atoms with E-state index in [9.17, 15) is 29.7 Å². The van der Waals surface area contributed by atoms with Crippen molar-refractivity contribution in [3.63, 3.8) is 0 Å². The van der Waals surface area contributed by atoms with Crippen LogP contribution >= 0.6 is 0 Å². The van der Waals surface area contributed by atoms with Crippen molar-refractivity contribution in [1.29, 1.82) is 0 Å². The highest BCUT2D eigenvalue weighted by Gasteiger charge is 2.44. The van der Waals surface area contributed by atoms with E-state index in [2.05, 4.69) is 71.8 Å². The Morgan fingerprint density at radius 1 is 0.522 bits per heavy atom. The lowest BCUT2D eigenvalue weighted by molar-refractivity contribution is -0.0775. The third-order valence-corrected chi connectivity index (χ3v) is 16.9. The molecule has 0 aliphatic heterocycles. The first kappa shape index (κ1) is 68.1. The molecule has 3 aliphatic rings. The zero-order chi connectivity index (χ0) is 61.8. The number of hydrogen-bond acceptors (Lipinski definition) is 23. The molecule has 0 saturated heterocycles. The maximum Gasteiger partial charge on any atom is 0.237 e. The van der Waals surface area contributed by atoms with Crippen LogP contribution in [0.2, 0.25) is 0 Å². The van der Waals surface area contributed by atoms with E-state index in [1.807, 2.05) is 37.3 Å². The number of nitrogens with one attached hydrogen (secondary N) is 5.